The van der Waals surface area contributed by atoms with Crippen molar-refractivity contribution in [3.63, 3.8) is 0 Å². The predicted octanol–water partition coefficient (Wildman–Crippen LogP) is 0.0284. The molecule has 2 fully saturated rings. The first-order chi connectivity index (χ1) is 6.75. The van der Waals surface area contributed by atoms with Gasteiger partial charge in [-0.25, -0.2) is 0 Å². The Hall–Kier alpha value is -0.160. The van der Waals surface area contributed by atoms with Gasteiger partial charge < -0.3 is 15.2 Å². The van der Waals surface area contributed by atoms with Crippen LogP contribution in [0.4, 0.5) is 0 Å². The fourth-order valence-electron chi connectivity index (χ4n) is 2.18. The zero-order valence-electron chi connectivity index (χ0n) is 8.82. The summed E-state index contributed by atoms with van der Waals surface area (Å²) in [7, 11) is 0. The second-order valence-corrected chi connectivity index (χ2v) is 4.46. The van der Waals surface area contributed by atoms with E-state index in [-0.39, 0.29) is 0 Å². The molecule has 2 aliphatic rings. The minimum atomic E-state index is 0.342. The van der Waals surface area contributed by atoms with E-state index in [1.807, 2.05) is 0 Å². The van der Waals surface area contributed by atoms with Gasteiger partial charge in [0.1, 0.15) is 6.79 Å². The molecule has 2 rings (SSSR count). The number of hydrogen-bond donors (Lipinski definition) is 1. The van der Waals surface area contributed by atoms with Crippen molar-refractivity contribution < 1.29 is 9.47 Å². The first kappa shape index (κ1) is 10.4. The second-order valence-electron chi connectivity index (χ2n) is 4.46. The molecule has 2 heterocycles. The highest BCUT2D eigenvalue weighted by Gasteiger charge is 2.28. The fraction of sp³-hybridized carbons (Fsp3) is 1.00. The van der Waals surface area contributed by atoms with Gasteiger partial charge in [0.05, 0.1) is 12.7 Å². The van der Waals surface area contributed by atoms with Gasteiger partial charge >= 0.3 is 0 Å². The average Bonchev–Trinajstić information content (AvgIpc) is 2.47. The van der Waals surface area contributed by atoms with Crippen molar-refractivity contribution in [3.05, 3.63) is 0 Å². The van der Waals surface area contributed by atoms with Crippen LogP contribution >= 0.6 is 0 Å². The molecule has 4 nitrogen and oxygen atoms in total. The quantitative estimate of drug-likeness (QED) is 0.683. The Labute approximate surface area is 85.3 Å². The van der Waals surface area contributed by atoms with E-state index in [9.17, 15) is 0 Å². The van der Waals surface area contributed by atoms with Gasteiger partial charge in [0, 0.05) is 25.7 Å². The molecule has 3 atom stereocenters. The van der Waals surface area contributed by atoms with Crippen LogP contribution in [0.25, 0.3) is 0 Å². The molecule has 3 unspecified atom stereocenters. The molecule has 2 saturated heterocycles. The zero-order valence-corrected chi connectivity index (χ0v) is 8.82. The predicted molar refractivity (Wildman–Crippen MR) is 53.9 cm³/mol. The summed E-state index contributed by atoms with van der Waals surface area (Å²) in [6.07, 6.45) is 1.36. The van der Waals surface area contributed by atoms with Crippen molar-refractivity contribution in [2.45, 2.75) is 25.5 Å². The molecule has 0 radical (unpaired) electrons. The summed E-state index contributed by atoms with van der Waals surface area (Å²) in [5, 5.41) is 0. The van der Waals surface area contributed by atoms with Crippen LogP contribution in [0, 0.1) is 5.92 Å². The first-order valence-corrected chi connectivity index (χ1v) is 5.43. The minimum absolute atomic E-state index is 0.342. The topological polar surface area (TPSA) is 47.7 Å². The molecule has 0 bridgehead atoms. The number of rotatable bonds is 2. The number of nitrogens with two attached hydrogens (primary N) is 1. The molecule has 0 aromatic rings. The fourth-order valence-corrected chi connectivity index (χ4v) is 2.18. The third-order valence-corrected chi connectivity index (χ3v) is 3.18. The van der Waals surface area contributed by atoms with E-state index in [1.165, 1.54) is 0 Å². The van der Waals surface area contributed by atoms with E-state index < -0.39 is 0 Å². The van der Waals surface area contributed by atoms with E-state index >= 15 is 0 Å². The molecule has 14 heavy (non-hydrogen) atoms. The summed E-state index contributed by atoms with van der Waals surface area (Å²) in [6.45, 7) is 6.65. The van der Waals surface area contributed by atoms with Gasteiger partial charge in [0.2, 0.25) is 0 Å². The smallest absolute Gasteiger partial charge is 0.147 e. The highest BCUT2D eigenvalue weighted by atomic mass is 16.7. The maximum absolute atomic E-state index is 5.97. The van der Waals surface area contributed by atoms with Crippen LogP contribution in [0.2, 0.25) is 0 Å². The van der Waals surface area contributed by atoms with Crippen molar-refractivity contribution in [2.24, 2.45) is 11.7 Å². The third kappa shape index (κ3) is 2.45. The van der Waals surface area contributed by atoms with Crippen LogP contribution in [0.3, 0.4) is 0 Å². The molecule has 4 heteroatoms. The second kappa shape index (κ2) is 4.57. The molecule has 0 aromatic heterocycles. The lowest BCUT2D eigenvalue weighted by molar-refractivity contribution is -0.143. The molecule has 2 aliphatic heterocycles. The Morgan fingerprint density at radius 2 is 2.29 bits per heavy atom. The number of ether oxygens (including phenoxy) is 2. The lowest BCUT2D eigenvalue weighted by Gasteiger charge is -2.27. The van der Waals surface area contributed by atoms with Crippen molar-refractivity contribution in [1.29, 1.82) is 0 Å². The number of hydrogen-bond acceptors (Lipinski definition) is 4. The van der Waals surface area contributed by atoms with E-state index in [1.54, 1.807) is 0 Å². The van der Waals surface area contributed by atoms with Crippen LogP contribution in [0.15, 0.2) is 0 Å². The van der Waals surface area contributed by atoms with Gasteiger partial charge in [-0.2, -0.15) is 0 Å². The largest absolute Gasteiger partial charge is 0.355 e. The van der Waals surface area contributed by atoms with Gasteiger partial charge in [-0.1, -0.05) is 6.92 Å². The minimum Gasteiger partial charge on any atom is -0.355 e. The normalized spacial score (nSPS) is 40.3. The molecular weight excluding hydrogens is 180 g/mol. The van der Waals surface area contributed by atoms with Crippen molar-refractivity contribution in [1.82, 2.24) is 4.90 Å². The van der Waals surface area contributed by atoms with Crippen molar-refractivity contribution >= 4 is 0 Å². The van der Waals surface area contributed by atoms with E-state index in [0.717, 1.165) is 32.7 Å². The van der Waals surface area contributed by atoms with Gasteiger partial charge in [-0.05, 0) is 12.3 Å². The molecule has 0 amide bonds. The Kier molecular flexibility index (Phi) is 3.38. The highest BCUT2D eigenvalue weighted by Crippen LogP contribution is 2.17. The Balaban J connectivity index is 1.74. The lowest BCUT2D eigenvalue weighted by Crippen LogP contribution is -2.37. The van der Waals surface area contributed by atoms with Gasteiger partial charge in [-0.15, -0.1) is 0 Å². The maximum atomic E-state index is 5.97. The molecule has 0 aliphatic carbocycles. The lowest BCUT2D eigenvalue weighted by atomic mass is 10.1. The van der Waals surface area contributed by atoms with E-state index in [4.69, 9.17) is 15.2 Å². The molecule has 0 aromatic carbocycles. The van der Waals surface area contributed by atoms with Crippen molar-refractivity contribution in [2.75, 3.05) is 33.0 Å². The van der Waals surface area contributed by atoms with Gasteiger partial charge in [-0.3, -0.25) is 4.90 Å². The molecule has 2 N–H and O–H groups in total. The average molecular weight is 200 g/mol. The Bertz CT molecular complexity index is 173. The molecule has 0 spiro atoms. The monoisotopic (exact) mass is 200 g/mol. The molecule has 82 valence electrons. The van der Waals surface area contributed by atoms with Gasteiger partial charge in [0.15, 0.2) is 0 Å². The molecule has 0 saturated carbocycles. The number of nitrogens with zero attached hydrogens (tertiary/aromatic N) is 1. The molecular formula is C10H20N2O2. The van der Waals surface area contributed by atoms with Crippen molar-refractivity contribution in [3.8, 4) is 0 Å². The van der Waals surface area contributed by atoms with Crippen LogP contribution < -0.4 is 5.73 Å². The zero-order chi connectivity index (χ0) is 9.97. The van der Waals surface area contributed by atoms with Crippen LogP contribution in [-0.2, 0) is 9.47 Å². The standard InChI is InChI=1S/C10H20N2O2/c1-8-4-12(6-10(8)11)5-9-2-3-13-7-14-9/h8-10H,2-7,11H2,1H3. The summed E-state index contributed by atoms with van der Waals surface area (Å²) in [5.41, 5.74) is 5.97. The van der Waals surface area contributed by atoms with Crippen LogP contribution in [0.1, 0.15) is 13.3 Å². The summed E-state index contributed by atoms with van der Waals surface area (Å²) in [4.78, 5) is 2.41. The summed E-state index contributed by atoms with van der Waals surface area (Å²) < 4.78 is 10.6. The number of likely N-dealkylation sites (tertiary alicyclic amines) is 1. The SMILES string of the molecule is CC1CN(CC2CCOCO2)CC1N. The first-order valence-electron chi connectivity index (χ1n) is 5.43. The third-order valence-electron chi connectivity index (χ3n) is 3.18. The highest BCUT2D eigenvalue weighted by molar-refractivity contribution is 4.85. The Morgan fingerprint density at radius 1 is 1.43 bits per heavy atom. The summed E-state index contributed by atoms with van der Waals surface area (Å²) in [6, 6.07) is 0.342. The van der Waals surface area contributed by atoms with E-state index in [0.29, 0.717) is 24.9 Å². The summed E-state index contributed by atoms with van der Waals surface area (Å²) >= 11 is 0. The van der Waals surface area contributed by atoms with Crippen LogP contribution in [-0.4, -0.2) is 50.1 Å². The van der Waals surface area contributed by atoms with Gasteiger partial charge in [0.25, 0.3) is 0 Å². The maximum Gasteiger partial charge on any atom is 0.147 e. The van der Waals surface area contributed by atoms with E-state index in [2.05, 4.69) is 11.8 Å². The van der Waals surface area contributed by atoms with Crippen LogP contribution in [0.5, 0.6) is 0 Å². The summed E-state index contributed by atoms with van der Waals surface area (Å²) in [5.74, 6) is 0.620. The Morgan fingerprint density at radius 3 is 2.86 bits per heavy atom.